The van der Waals surface area contributed by atoms with E-state index in [4.69, 9.17) is 10.8 Å². The topological polar surface area (TPSA) is 83.6 Å². The van der Waals surface area contributed by atoms with E-state index in [-0.39, 0.29) is 18.9 Å². The number of carbonyl (C=O) groups excluding carboxylic acids is 1. The smallest absolute Gasteiger partial charge is 0.305 e. The molecule has 1 aliphatic rings. The zero-order valence-electron chi connectivity index (χ0n) is 12.0. The second-order valence-corrected chi connectivity index (χ2v) is 5.70. The number of amides is 1. The van der Waals surface area contributed by atoms with E-state index in [1.54, 1.807) is 4.90 Å². The monoisotopic (exact) mass is 270 g/mol. The molecule has 0 aromatic heterocycles. The lowest BCUT2D eigenvalue weighted by molar-refractivity contribution is -0.145. The molecule has 1 amide bonds. The van der Waals surface area contributed by atoms with Crippen LogP contribution in [0.4, 0.5) is 0 Å². The van der Waals surface area contributed by atoms with E-state index in [0.717, 1.165) is 25.7 Å². The van der Waals surface area contributed by atoms with Crippen LogP contribution in [-0.2, 0) is 9.59 Å². The molecule has 1 rings (SSSR count). The van der Waals surface area contributed by atoms with E-state index in [1.165, 1.54) is 0 Å². The third-order valence-corrected chi connectivity index (χ3v) is 4.34. The van der Waals surface area contributed by atoms with Crippen molar-refractivity contribution in [2.45, 2.75) is 46.0 Å². The fraction of sp³-hybridized carbons (Fsp3) is 0.857. The number of nitrogens with zero attached hydrogens (tertiary/aromatic N) is 1. The molecule has 1 aliphatic carbocycles. The second kappa shape index (κ2) is 6.89. The Labute approximate surface area is 115 Å². The van der Waals surface area contributed by atoms with Crippen LogP contribution in [-0.4, -0.2) is 41.5 Å². The first-order valence-electron chi connectivity index (χ1n) is 7.16. The molecule has 110 valence electrons. The third kappa shape index (κ3) is 3.93. The lowest BCUT2D eigenvalue weighted by Crippen LogP contribution is -2.50. The van der Waals surface area contributed by atoms with Gasteiger partial charge in [0.25, 0.3) is 0 Å². The van der Waals surface area contributed by atoms with Crippen LogP contribution in [0.3, 0.4) is 0 Å². The van der Waals surface area contributed by atoms with Crippen molar-refractivity contribution in [3.63, 3.8) is 0 Å². The van der Waals surface area contributed by atoms with Crippen molar-refractivity contribution in [3.8, 4) is 0 Å². The molecule has 0 aromatic rings. The summed E-state index contributed by atoms with van der Waals surface area (Å²) in [6.45, 7) is 5.27. The minimum Gasteiger partial charge on any atom is -0.481 e. The Balaban J connectivity index is 2.72. The van der Waals surface area contributed by atoms with Crippen molar-refractivity contribution in [2.75, 3.05) is 19.6 Å². The summed E-state index contributed by atoms with van der Waals surface area (Å²) in [4.78, 5) is 25.0. The maximum atomic E-state index is 12.7. The van der Waals surface area contributed by atoms with Crippen LogP contribution in [0, 0.1) is 11.3 Å². The van der Waals surface area contributed by atoms with Gasteiger partial charge in [0.15, 0.2) is 0 Å². The predicted molar refractivity (Wildman–Crippen MR) is 73.6 cm³/mol. The first-order valence-corrected chi connectivity index (χ1v) is 7.16. The highest BCUT2D eigenvalue weighted by Crippen LogP contribution is 2.39. The van der Waals surface area contributed by atoms with E-state index >= 15 is 0 Å². The maximum absolute atomic E-state index is 12.7. The van der Waals surface area contributed by atoms with Gasteiger partial charge in [0.2, 0.25) is 5.91 Å². The number of carbonyl (C=O) groups is 2. The summed E-state index contributed by atoms with van der Waals surface area (Å²) in [7, 11) is 0. The van der Waals surface area contributed by atoms with Crippen molar-refractivity contribution in [3.05, 3.63) is 0 Å². The molecule has 0 radical (unpaired) electrons. The first-order chi connectivity index (χ1) is 8.95. The van der Waals surface area contributed by atoms with Crippen molar-refractivity contribution >= 4 is 11.9 Å². The fourth-order valence-corrected chi connectivity index (χ4v) is 2.79. The molecule has 0 aromatic carbocycles. The molecule has 0 bridgehead atoms. The summed E-state index contributed by atoms with van der Waals surface area (Å²) in [5.74, 6) is -0.169. The summed E-state index contributed by atoms with van der Waals surface area (Å²) in [6.07, 6.45) is 3.70. The van der Waals surface area contributed by atoms with E-state index in [0.29, 0.717) is 19.0 Å². The molecule has 5 heteroatoms. The Bertz CT molecular complexity index is 323. The van der Waals surface area contributed by atoms with Gasteiger partial charge in [0.1, 0.15) is 0 Å². The van der Waals surface area contributed by atoms with Gasteiger partial charge in [-0.25, -0.2) is 0 Å². The standard InChI is InChI=1S/C14H26N2O3/c1-3-16(9-6-12(17)18)13(19)14(10-15)7-4-11(2)5-8-14/h11H,3-10,15H2,1-2H3,(H,17,18). The van der Waals surface area contributed by atoms with Gasteiger partial charge in [-0.15, -0.1) is 0 Å². The quantitative estimate of drug-likeness (QED) is 0.765. The van der Waals surface area contributed by atoms with Gasteiger partial charge in [0.05, 0.1) is 11.8 Å². The molecule has 0 aliphatic heterocycles. The minimum absolute atomic E-state index is 0.00334. The van der Waals surface area contributed by atoms with E-state index in [1.807, 2.05) is 6.92 Å². The molecule has 0 heterocycles. The van der Waals surface area contributed by atoms with Gasteiger partial charge >= 0.3 is 5.97 Å². The second-order valence-electron chi connectivity index (χ2n) is 5.70. The van der Waals surface area contributed by atoms with Crippen LogP contribution in [0.1, 0.15) is 46.0 Å². The Morgan fingerprint density at radius 1 is 1.37 bits per heavy atom. The highest BCUT2D eigenvalue weighted by atomic mass is 16.4. The normalized spacial score (nSPS) is 27.0. The van der Waals surface area contributed by atoms with Gasteiger partial charge < -0.3 is 15.7 Å². The van der Waals surface area contributed by atoms with Crippen LogP contribution in [0.15, 0.2) is 0 Å². The van der Waals surface area contributed by atoms with Crippen LogP contribution >= 0.6 is 0 Å². The Kier molecular flexibility index (Phi) is 5.79. The molecule has 5 nitrogen and oxygen atoms in total. The molecule has 0 unspecified atom stereocenters. The largest absolute Gasteiger partial charge is 0.481 e. The van der Waals surface area contributed by atoms with E-state index in [2.05, 4.69) is 6.92 Å². The fourth-order valence-electron chi connectivity index (χ4n) is 2.79. The van der Waals surface area contributed by atoms with Gasteiger partial charge in [-0.05, 0) is 38.5 Å². The average molecular weight is 270 g/mol. The summed E-state index contributed by atoms with van der Waals surface area (Å²) >= 11 is 0. The number of nitrogens with two attached hydrogens (primary N) is 1. The summed E-state index contributed by atoms with van der Waals surface area (Å²) < 4.78 is 0. The molecule has 1 saturated carbocycles. The zero-order chi connectivity index (χ0) is 14.5. The molecule has 0 saturated heterocycles. The summed E-state index contributed by atoms with van der Waals surface area (Å²) in [5, 5.41) is 8.74. The zero-order valence-corrected chi connectivity index (χ0v) is 12.0. The first kappa shape index (κ1) is 16.0. The van der Waals surface area contributed by atoms with Crippen molar-refractivity contribution in [1.82, 2.24) is 4.90 Å². The number of carboxylic acid groups (broad SMARTS) is 1. The summed E-state index contributed by atoms with van der Waals surface area (Å²) in [5.41, 5.74) is 5.41. The number of aliphatic carboxylic acids is 1. The number of hydrogen-bond acceptors (Lipinski definition) is 3. The lowest BCUT2D eigenvalue weighted by atomic mass is 9.70. The van der Waals surface area contributed by atoms with E-state index < -0.39 is 11.4 Å². The highest BCUT2D eigenvalue weighted by molar-refractivity contribution is 5.83. The van der Waals surface area contributed by atoms with E-state index in [9.17, 15) is 9.59 Å². The minimum atomic E-state index is -0.870. The van der Waals surface area contributed by atoms with Crippen LogP contribution in [0.5, 0.6) is 0 Å². The van der Waals surface area contributed by atoms with Gasteiger partial charge in [-0.3, -0.25) is 9.59 Å². The number of rotatable bonds is 6. The molecule has 0 spiro atoms. The van der Waals surface area contributed by atoms with Crippen LogP contribution in [0.25, 0.3) is 0 Å². The van der Waals surface area contributed by atoms with Crippen molar-refractivity contribution < 1.29 is 14.7 Å². The molecular weight excluding hydrogens is 244 g/mol. The third-order valence-electron chi connectivity index (χ3n) is 4.34. The molecule has 0 atom stereocenters. The number of carboxylic acids is 1. The Hall–Kier alpha value is -1.10. The van der Waals surface area contributed by atoms with Crippen molar-refractivity contribution in [2.24, 2.45) is 17.1 Å². The average Bonchev–Trinajstić information content (AvgIpc) is 2.40. The highest BCUT2D eigenvalue weighted by Gasteiger charge is 2.41. The molecule has 19 heavy (non-hydrogen) atoms. The summed E-state index contributed by atoms with van der Waals surface area (Å²) in [6, 6.07) is 0. The maximum Gasteiger partial charge on any atom is 0.305 e. The van der Waals surface area contributed by atoms with Gasteiger partial charge in [0, 0.05) is 19.6 Å². The molecular formula is C14H26N2O3. The SMILES string of the molecule is CCN(CCC(=O)O)C(=O)C1(CN)CCC(C)CC1. The van der Waals surface area contributed by atoms with Gasteiger partial charge in [-0.1, -0.05) is 6.92 Å². The van der Waals surface area contributed by atoms with Crippen molar-refractivity contribution in [1.29, 1.82) is 0 Å². The van der Waals surface area contributed by atoms with Crippen LogP contribution < -0.4 is 5.73 Å². The predicted octanol–water partition coefficient (Wildman–Crippen LogP) is 1.46. The lowest BCUT2D eigenvalue weighted by Gasteiger charge is -2.40. The number of hydrogen-bond donors (Lipinski definition) is 2. The Morgan fingerprint density at radius 2 is 1.95 bits per heavy atom. The van der Waals surface area contributed by atoms with Crippen LogP contribution in [0.2, 0.25) is 0 Å². The molecule has 1 fully saturated rings. The molecule has 3 N–H and O–H groups in total. The van der Waals surface area contributed by atoms with Gasteiger partial charge in [-0.2, -0.15) is 0 Å². The Morgan fingerprint density at radius 3 is 2.37 bits per heavy atom.